The van der Waals surface area contributed by atoms with Crippen molar-refractivity contribution in [2.45, 2.75) is 16.5 Å². The molecule has 0 saturated heterocycles. The standard InChI is InChI=1S/C18H19F3N2O5S/c1-27-12-5-8-16(28-2)14(9-12)15(24)10-22-17(25)23-11-3-6-13(7-4-11)29(26)18(19,20)21/h3-9,15,24H,10H2,1-2H3,(H2,22,23,25)/t15-,29+/m0/s1. The topological polar surface area (TPSA) is 96.9 Å². The molecule has 11 heteroatoms. The molecule has 2 atom stereocenters. The van der Waals surface area contributed by atoms with Crippen LogP contribution in [0.25, 0.3) is 0 Å². The number of aliphatic hydroxyl groups excluding tert-OH is 1. The fourth-order valence-corrected chi connectivity index (χ4v) is 3.02. The predicted octanol–water partition coefficient (Wildman–Crippen LogP) is 3.19. The Morgan fingerprint density at radius 2 is 1.79 bits per heavy atom. The van der Waals surface area contributed by atoms with Gasteiger partial charge in [-0.25, -0.2) is 9.00 Å². The zero-order valence-corrected chi connectivity index (χ0v) is 16.3. The van der Waals surface area contributed by atoms with Crippen molar-refractivity contribution < 1.29 is 36.8 Å². The van der Waals surface area contributed by atoms with Gasteiger partial charge in [0, 0.05) is 22.7 Å². The highest BCUT2D eigenvalue weighted by Crippen LogP contribution is 2.29. The maximum absolute atomic E-state index is 12.4. The van der Waals surface area contributed by atoms with Gasteiger partial charge in [0.2, 0.25) is 0 Å². The molecular weight excluding hydrogens is 413 g/mol. The van der Waals surface area contributed by atoms with Gasteiger partial charge in [0.1, 0.15) is 17.6 Å². The smallest absolute Gasteiger partial charge is 0.475 e. The molecule has 0 spiro atoms. The molecule has 0 heterocycles. The second-order valence-corrected chi connectivity index (χ2v) is 7.17. The van der Waals surface area contributed by atoms with Crippen LogP contribution in [0, 0.1) is 0 Å². The molecule has 3 N–H and O–H groups in total. The third-order valence-corrected chi connectivity index (χ3v) is 4.91. The summed E-state index contributed by atoms with van der Waals surface area (Å²) in [6.45, 7) is -0.161. The number of carbonyl (C=O) groups is 1. The number of aliphatic hydroxyl groups is 1. The van der Waals surface area contributed by atoms with Crippen molar-refractivity contribution in [3.63, 3.8) is 0 Å². The molecule has 0 fully saturated rings. The predicted molar refractivity (Wildman–Crippen MR) is 100 cm³/mol. The lowest BCUT2D eigenvalue weighted by Gasteiger charge is -2.17. The number of hydrogen-bond acceptors (Lipinski definition) is 5. The summed E-state index contributed by atoms with van der Waals surface area (Å²) in [5, 5.41) is 15.2. The summed E-state index contributed by atoms with van der Waals surface area (Å²) in [5.41, 5.74) is -4.26. The Morgan fingerprint density at radius 1 is 1.14 bits per heavy atom. The highest BCUT2D eigenvalue weighted by molar-refractivity contribution is 7.86. The average Bonchev–Trinajstić information content (AvgIpc) is 2.70. The van der Waals surface area contributed by atoms with E-state index in [9.17, 15) is 27.3 Å². The minimum atomic E-state index is -4.86. The lowest BCUT2D eigenvalue weighted by molar-refractivity contribution is -0.0384. The van der Waals surface area contributed by atoms with Gasteiger partial charge in [0.15, 0.2) is 10.8 Å². The number of halogens is 3. The molecule has 0 aliphatic carbocycles. The van der Waals surface area contributed by atoms with Crippen molar-refractivity contribution in [3.05, 3.63) is 48.0 Å². The van der Waals surface area contributed by atoms with Crippen LogP contribution in [-0.4, -0.2) is 41.6 Å². The quantitative estimate of drug-likeness (QED) is 0.625. The monoisotopic (exact) mass is 432 g/mol. The zero-order valence-electron chi connectivity index (χ0n) is 15.4. The Balaban J connectivity index is 1.95. The molecular formula is C18H19F3N2O5S. The summed E-state index contributed by atoms with van der Waals surface area (Å²) in [6.07, 6.45) is -1.10. The number of anilines is 1. The van der Waals surface area contributed by atoms with Crippen molar-refractivity contribution in [2.75, 3.05) is 26.1 Å². The van der Waals surface area contributed by atoms with E-state index in [1.54, 1.807) is 18.2 Å². The van der Waals surface area contributed by atoms with Gasteiger partial charge in [-0.05, 0) is 42.5 Å². The van der Waals surface area contributed by atoms with E-state index in [1.807, 2.05) is 0 Å². The number of hydrogen-bond donors (Lipinski definition) is 3. The van der Waals surface area contributed by atoms with Crippen LogP contribution in [0.1, 0.15) is 11.7 Å². The molecule has 0 bridgehead atoms. The highest BCUT2D eigenvalue weighted by atomic mass is 32.2. The first-order valence-corrected chi connectivity index (χ1v) is 9.34. The summed E-state index contributed by atoms with van der Waals surface area (Å²) in [6, 6.07) is 8.57. The number of methoxy groups -OCH3 is 2. The van der Waals surface area contributed by atoms with Gasteiger partial charge in [-0.3, -0.25) is 0 Å². The van der Waals surface area contributed by atoms with E-state index in [0.717, 1.165) is 12.1 Å². The van der Waals surface area contributed by atoms with Gasteiger partial charge in [0.05, 0.1) is 14.2 Å². The molecule has 2 amide bonds. The number of rotatable bonds is 7. The molecule has 0 radical (unpaired) electrons. The first-order valence-electron chi connectivity index (χ1n) is 8.19. The van der Waals surface area contributed by atoms with Crippen LogP contribution >= 0.6 is 0 Å². The van der Waals surface area contributed by atoms with E-state index in [4.69, 9.17) is 9.47 Å². The van der Waals surface area contributed by atoms with Crippen LogP contribution in [0.15, 0.2) is 47.4 Å². The summed E-state index contributed by atoms with van der Waals surface area (Å²) >= 11 is 0. The highest BCUT2D eigenvalue weighted by Gasteiger charge is 2.37. The minimum absolute atomic E-state index is 0.161. The molecule has 2 aromatic carbocycles. The molecule has 7 nitrogen and oxygen atoms in total. The zero-order chi connectivity index (χ0) is 21.6. The van der Waals surface area contributed by atoms with Crippen LogP contribution in [0.3, 0.4) is 0 Å². The normalized spacial score (nSPS) is 13.3. The molecule has 2 aromatic rings. The number of amides is 2. The molecule has 29 heavy (non-hydrogen) atoms. The van der Waals surface area contributed by atoms with Gasteiger partial charge in [-0.2, -0.15) is 13.2 Å². The Morgan fingerprint density at radius 3 is 2.34 bits per heavy atom. The van der Waals surface area contributed by atoms with E-state index in [1.165, 1.54) is 26.4 Å². The minimum Gasteiger partial charge on any atom is -0.497 e. The van der Waals surface area contributed by atoms with E-state index >= 15 is 0 Å². The number of alkyl halides is 3. The molecule has 0 unspecified atom stereocenters. The summed E-state index contributed by atoms with van der Waals surface area (Å²) in [7, 11) is -0.233. The molecule has 0 aromatic heterocycles. The van der Waals surface area contributed by atoms with Crippen molar-refractivity contribution >= 4 is 22.5 Å². The number of carbonyl (C=O) groups excluding carboxylic acids is 1. The van der Waals surface area contributed by atoms with E-state index in [2.05, 4.69) is 10.6 Å². The Bertz CT molecular complexity index is 875. The Labute approximate surface area is 167 Å². The Hall–Kier alpha value is -2.79. The molecule has 0 aliphatic rings. The number of nitrogens with one attached hydrogen (secondary N) is 2. The van der Waals surface area contributed by atoms with Gasteiger partial charge in [-0.15, -0.1) is 0 Å². The third-order valence-electron chi connectivity index (χ3n) is 3.79. The summed E-state index contributed by atoms with van der Waals surface area (Å²) < 4.78 is 58.9. The van der Waals surface area contributed by atoms with E-state index < -0.39 is 33.3 Å². The first kappa shape index (κ1) is 22.5. The fraction of sp³-hybridized carbons (Fsp3) is 0.278. The SMILES string of the molecule is COc1ccc(OC)c([C@@H](O)CNC(=O)Nc2ccc([S@@](=O)C(F)(F)F)cc2)c1. The fourth-order valence-electron chi connectivity index (χ4n) is 2.37. The second kappa shape index (κ2) is 9.61. The van der Waals surface area contributed by atoms with Crippen LogP contribution in [-0.2, 0) is 10.8 Å². The maximum atomic E-state index is 12.4. The number of urea groups is 1. The molecule has 2 rings (SSSR count). The maximum Gasteiger partial charge on any atom is 0.475 e. The van der Waals surface area contributed by atoms with Crippen molar-refractivity contribution in [2.24, 2.45) is 0 Å². The van der Waals surface area contributed by atoms with E-state index in [0.29, 0.717) is 17.1 Å². The number of benzene rings is 2. The largest absolute Gasteiger partial charge is 0.497 e. The van der Waals surface area contributed by atoms with Crippen molar-refractivity contribution in [1.82, 2.24) is 5.32 Å². The third kappa shape index (κ3) is 6.09. The molecule has 0 saturated carbocycles. The van der Waals surface area contributed by atoms with Gasteiger partial charge in [-0.1, -0.05) is 0 Å². The van der Waals surface area contributed by atoms with Crippen molar-refractivity contribution in [1.29, 1.82) is 0 Å². The number of ether oxygens (including phenoxy) is 2. The molecule has 0 aliphatic heterocycles. The van der Waals surface area contributed by atoms with Gasteiger partial charge in [0.25, 0.3) is 0 Å². The lowest BCUT2D eigenvalue weighted by atomic mass is 10.1. The van der Waals surface area contributed by atoms with E-state index in [-0.39, 0.29) is 12.2 Å². The average molecular weight is 432 g/mol. The van der Waals surface area contributed by atoms with Crippen LogP contribution in [0.4, 0.5) is 23.7 Å². The summed E-state index contributed by atoms with van der Waals surface area (Å²) in [4.78, 5) is 11.5. The van der Waals surface area contributed by atoms with Gasteiger partial charge < -0.3 is 25.2 Å². The Kier molecular flexibility index (Phi) is 7.46. The molecule has 158 valence electrons. The lowest BCUT2D eigenvalue weighted by Crippen LogP contribution is -2.32. The van der Waals surface area contributed by atoms with Crippen LogP contribution < -0.4 is 20.1 Å². The van der Waals surface area contributed by atoms with Gasteiger partial charge >= 0.3 is 11.5 Å². The second-order valence-electron chi connectivity index (χ2n) is 5.70. The van der Waals surface area contributed by atoms with Crippen molar-refractivity contribution in [3.8, 4) is 11.5 Å². The summed E-state index contributed by atoms with van der Waals surface area (Å²) in [5.74, 6) is 0.911. The van der Waals surface area contributed by atoms with Crippen LogP contribution in [0.2, 0.25) is 0 Å². The first-order chi connectivity index (χ1) is 13.7. The van der Waals surface area contributed by atoms with Crippen LogP contribution in [0.5, 0.6) is 11.5 Å².